The van der Waals surface area contributed by atoms with Gasteiger partial charge in [0.05, 0.1) is 0 Å². The summed E-state index contributed by atoms with van der Waals surface area (Å²) in [6.07, 6.45) is 2.54. The lowest BCUT2D eigenvalue weighted by Crippen LogP contribution is -2.62. The second kappa shape index (κ2) is 5.97. The Labute approximate surface area is 99.9 Å². The first-order chi connectivity index (χ1) is 7.70. The summed E-state index contributed by atoms with van der Waals surface area (Å²) >= 11 is 0. The van der Waals surface area contributed by atoms with Crippen LogP contribution in [-0.2, 0) is 9.59 Å². The fourth-order valence-electron chi connectivity index (χ4n) is 1.54. The average Bonchev–Trinajstić information content (AvgIpc) is 2.23. The van der Waals surface area contributed by atoms with Crippen LogP contribution in [0.2, 0.25) is 0 Å². The molecule has 0 aliphatic rings. The number of aliphatic hydroxyl groups is 2. The second-order valence-corrected chi connectivity index (χ2v) is 4.35. The molecule has 2 unspecified atom stereocenters. The number of hydrogen-bond donors (Lipinski definition) is 4. The lowest BCUT2D eigenvalue weighted by atomic mass is 9.80. The fraction of sp³-hybridized carbons (Fsp3) is 0.818. The molecule has 0 heterocycles. The van der Waals surface area contributed by atoms with Crippen molar-refractivity contribution in [3.05, 3.63) is 0 Å². The van der Waals surface area contributed by atoms with Gasteiger partial charge in [0.1, 0.15) is 0 Å². The molecule has 0 spiro atoms. The number of unbranched alkanes of at least 4 members (excludes halogenated alkanes) is 3. The molecular formula is C11H20O6. The molecule has 0 amide bonds. The summed E-state index contributed by atoms with van der Waals surface area (Å²) in [6, 6.07) is 0. The molecule has 0 rings (SSSR count). The van der Waals surface area contributed by atoms with Crippen LogP contribution in [0.5, 0.6) is 0 Å². The predicted octanol–water partition coefficient (Wildman–Crippen LogP) is 0.608. The number of hydrogen-bond acceptors (Lipinski definition) is 4. The van der Waals surface area contributed by atoms with Crippen LogP contribution in [0.1, 0.15) is 46.0 Å². The Kier molecular flexibility index (Phi) is 5.57. The standard InChI is InChI=1S/C11H20O6/c1-3-4-5-6-7-11(17,9(14)15)10(2,16)8(12)13/h16-17H,3-7H2,1-2H3,(H,12,13)(H,14,15). The van der Waals surface area contributed by atoms with Crippen molar-refractivity contribution in [1.82, 2.24) is 0 Å². The molecule has 0 fully saturated rings. The molecule has 6 heteroatoms. The Morgan fingerprint density at radius 3 is 1.88 bits per heavy atom. The third kappa shape index (κ3) is 3.41. The molecule has 100 valence electrons. The van der Waals surface area contributed by atoms with Gasteiger partial charge in [0.2, 0.25) is 5.60 Å². The van der Waals surface area contributed by atoms with Gasteiger partial charge in [0.15, 0.2) is 5.60 Å². The van der Waals surface area contributed by atoms with Crippen LogP contribution in [0.15, 0.2) is 0 Å². The van der Waals surface area contributed by atoms with E-state index in [1.165, 1.54) is 0 Å². The minimum absolute atomic E-state index is 0.290. The monoisotopic (exact) mass is 248 g/mol. The van der Waals surface area contributed by atoms with E-state index in [0.717, 1.165) is 19.8 Å². The van der Waals surface area contributed by atoms with Gasteiger partial charge in [-0.2, -0.15) is 0 Å². The first kappa shape index (κ1) is 15.9. The zero-order valence-electron chi connectivity index (χ0n) is 10.1. The number of rotatable bonds is 8. The number of carbonyl (C=O) groups is 2. The summed E-state index contributed by atoms with van der Waals surface area (Å²) in [5, 5.41) is 37.1. The molecule has 0 saturated carbocycles. The Morgan fingerprint density at radius 1 is 1.00 bits per heavy atom. The van der Waals surface area contributed by atoms with Gasteiger partial charge in [-0.05, 0) is 19.8 Å². The van der Waals surface area contributed by atoms with Crippen molar-refractivity contribution in [3.8, 4) is 0 Å². The van der Waals surface area contributed by atoms with Crippen molar-refractivity contribution >= 4 is 11.9 Å². The minimum Gasteiger partial charge on any atom is -0.479 e. The summed E-state index contributed by atoms with van der Waals surface area (Å²) in [6.45, 7) is 2.76. The largest absolute Gasteiger partial charge is 0.479 e. The van der Waals surface area contributed by atoms with E-state index in [2.05, 4.69) is 0 Å². The highest BCUT2D eigenvalue weighted by atomic mass is 16.5. The average molecular weight is 248 g/mol. The van der Waals surface area contributed by atoms with Crippen LogP contribution < -0.4 is 0 Å². The second-order valence-electron chi connectivity index (χ2n) is 4.35. The third-order valence-electron chi connectivity index (χ3n) is 2.97. The molecule has 0 aliphatic carbocycles. The number of carboxylic acids is 2. The van der Waals surface area contributed by atoms with Crippen molar-refractivity contribution in [2.45, 2.75) is 57.2 Å². The molecule has 0 radical (unpaired) electrons. The molecule has 4 N–H and O–H groups in total. The molecular weight excluding hydrogens is 228 g/mol. The highest BCUT2D eigenvalue weighted by Crippen LogP contribution is 2.29. The van der Waals surface area contributed by atoms with E-state index < -0.39 is 23.1 Å². The Bertz CT molecular complexity index is 286. The van der Waals surface area contributed by atoms with Crippen molar-refractivity contribution in [3.63, 3.8) is 0 Å². The maximum Gasteiger partial charge on any atom is 0.339 e. The van der Waals surface area contributed by atoms with E-state index in [1.54, 1.807) is 0 Å². The summed E-state index contributed by atoms with van der Waals surface area (Å²) < 4.78 is 0. The maximum absolute atomic E-state index is 11.0. The number of carboxylic acid groups (broad SMARTS) is 2. The molecule has 0 saturated heterocycles. The highest BCUT2D eigenvalue weighted by Gasteiger charge is 2.56. The molecule has 0 aromatic rings. The molecule has 2 atom stereocenters. The maximum atomic E-state index is 11.0. The Hall–Kier alpha value is -1.14. The van der Waals surface area contributed by atoms with Crippen molar-refractivity contribution in [2.24, 2.45) is 0 Å². The van der Waals surface area contributed by atoms with Crippen molar-refractivity contribution in [1.29, 1.82) is 0 Å². The zero-order chi connectivity index (χ0) is 13.7. The first-order valence-corrected chi connectivity index (χ1v) is 5.61. The van der Waals surface area contributed by atoms with Crippen LogP contribution >= 0.6 is 0 Å². The zero-order valence-corrected chi connectivity index (χ0v) is 10.1. The summed E-state index contributed by atoms with van der Waals surface area (Å²) in [5.41, 5.74) is -5.36. The molecule has 17 heavy (non-hydrogen) atoms. The summed E-state index contributed by atoms with van der Waals surface area (Å²) in [5.74, 6) is -3.47. The Balaban J connectivity index is 4.80. The summed E-state index contributed by atoms with van der Waals surface area (Å²) in [7, 11) is 0. The Morgan fingerprint density at radius 2 is 1.53 bits per heavy atom. The van der Waals surface area contributed by atoms with Crippen LogP contribution in [0.4, 0.5) is 0 Å². The topological polar surface area (TPSA) is 115 Å². The van der Waals surface area contributed by atoms with Gasteiger partial charge >= 0.3 is 11.9 Å². The van der Waals surface area contributed by atoms with Crippen molar-refractivity contribution < 1.29 is 30.0 Å². The SMILES string of the molecule is CCCCCCC(O)(C(=O)O)C(C)(O)C(=O)O. The van der Waals surface area contributed by atoms with Crippen LogP contribution in [0, 0.1) is 0 Å². The van der Waals surface area contributed by atoms with Gasteiger partial charge in [-0.15, -0.1) is 0 Å². The van der Waals surface area contributed by atoms with Crippen LogP contribution in [0.25, 0.3) is 0 Å². The van der Waals surface area contributed by atoms with E-state index in [-0.39, 0.29) is 6.42 Å². The predicted molar refractivity (Wildman–Crippen MR) is 59.6 cm³/mol. The van der Waals surface area contributed by atoms with Gasteiger partial charge < -0.3 is 20.4 Å². The lowest BCUT2D eigenvalue weighted by molar-refractivity contribution is -0.204. The summed E-state index contributed by atoms with van der Waals surface area (Å²) in [4.78, 5) is 21.8. The van der Waals surface area contributed by atoms with E-state index in [4.69, 9.17) is 10.2 Å². The van der Waals surface area contributed by atoms with Gasteiger partial charge in [0, 0.05) is 0 Å². The van der Waals surface area contributed by atoms with E-state index in [9.17, 15) is 19.8 Å². The van der Waals surface area contributed by atoms with Crippen molar-refractivity contribution in [2.75, 3.05) is 0 Å². The molecule has 0 aromatic carbocycles. The normalized spacial score (nSPS) is 18.1. The molecule has 6 nitrogen and oxygen atoms in total. The van der Waals surface area contributed by atoms with Gasteiger partial charge in [-0.3, -0.25) is 0 Å². The molecule has 0 aromatic heterocycles. The van der Waals surface area contributed by atoms with Gasteiger partial charge in [-0.25, -0.2) is 9.59 Å². The van der Waals surface area contributed by atoms with Crippen LogP contribution in [0.3, 0.4) is 0 Å². The van der Waals surface area contributed by atoms with Gasteiger partial charge in [0.25, 0.3) is 0 Å². The minimum atomic E-state index is -2.70. The molecule has 0 bridgehead atoms. The first-order valence-electron chi connectivity index (χ1n) is 5.61. The fourth-order valence-corrected chi connectivity index (χ4v) is 1.54. The highest BCUT2D eigenvalue weighted by molar-refractivity contribution is 5.90. The van der Waals surface area contributed by atoms with Crippen LogP contribution in [-0.4, -0.2) is 43.6 Å². The van der Waals surface area contributed by atoms with E-state index in [1.807, 2.05) is 6.92 Å². The third-order valence-corrected chi connectivity index (χ3v) is 2.97. The number of aliphatic carboxylic acids is 2. The lowest BCUT2D eigenvalue weighted by Gasteiger charge is -2.34. The van der Waals surface area contributed by atoms with E-state index >= 15 is 0 Å². The smallest absolute Gasteiger partial charge is 0.339 e. The molecule has 0 aliphatic heterocycles. The van der Waals surface area contributed by atoms with Gasteiger partial charge in [-0.1, -0.05) is 26.2 Å². The van der Waals surface area contributed by atoms with E-state index in [0.29, 0.717) is 12.8 Å². The quantitative estimate of drug-likeness (QED) is 0.468.